The topological polar surface area (TPSA) is 84.1 Å². The van der Waals surface area contributed by atoms with Gasteiger partial charge in [-0.05, 0) is 19.3 Å². The monoisotopic (exact) mass is 180 g/mol. The minimum atomic E-state index is -0.156. The molecule has 0 unspecified atom stereocenters. The molecule has 0 aliphatic heterocycles. The molecule has 0 amide bonds. The van der Waals surface area contributed by atoms with Crippen molar-refractivity contribution in [1.82, 2.24) is 9.97 Å². The number of anilines is 2. The highest BCUT2D eigenvalue weighted by Gasteiger charge is 2.18. The van der Waals surface area contributed by atoms with Gasteiger partial charge < -0.3 is 16.2 Å². The Hall–Kier alpha value is -1.52. The van der Waals surface area contributed by atoms with Gasteiger partial charge in [-0.25, -0.2) is 4.98 Å². The third-order valence-corrected chi connectivity index (χ3v) is 2.23. The number of nitrogens with zero attached hydrogens (tertiary/aromatic N) is 2. The Morgan fingerprint density at radius 2 is 2.31 bits per heavy atom. The van der Waals surface area contributed by atoms with Gasteiger partial charge in [-0.15, -0.1) is 0 Å². The van der Waals surface area contributed by atoms with E-state index in [1.54, 1.807) is 0 Å². The van der Waals surface area contributed by atoms with Gasteiger partial charge in [0, 0.05) is 6.04 Å². The average molecular weight is 180 g/mol. The number of aromatic nitrogens is 2. The van der Waals surface area contributed by atoms with Gasteiger partial charge >= 0.3 is 0 Å². The van der Waals surface area contributed by atoms with Crippen LogP contribution in [0.5, 0.6) is 5.88 Å². The molecular weight excluding hydrogens is 168 g/mol. The largest absolute Gasteiger partial charge is 0.492 e. The lowest BCUT2D eigenvalue weighted by Gasteiger charge is -2.26. The zero-order valence-corrected chi connectivity index (χ0v) is 7.20. The first-order valence-electron chi connectivity index (χ1n) is 4.34. The Morgan fingerprint density at radius 3 is 2.85 bits per heavy atom. The summed E-state index contributed by atoms with van der Waals surface area (Å²) in [7, 11) is 0. The zero-order chi connectivity index (χ0) is 9.26. The molecule has 1 aliphatic rings. The van der Waals surface area contributed by atoms with E-state index in [0.717, 1.165) is 12.8 Å². The number of nitrogens with two attached hydrogens (primary N) is 1. The van der Waals surface area contributed by atoms with E-state index in [-0.39, 0.29) is 11.6 Å². The molecule has 0 bridgehead atoms. The molecule has 1 fully saturated rings. The van der Waals surface area contributed by atoms with Crippen LogP contribution in [0.15, 0.2) is 6.20 Å². The van der Waals surface area contributed by atoms with Crippen molar-refractivity contribution < 1.29 is 5.11 Å². The third kappa shape index (κ3) is 1.63. The summed E-state index contributed by atoms with van der Waals surface area (Å²) in [5.41, 5.74) is 5.57. The second-order valence-corrected chi connectivity index (χ2v) is 3.24. The fraction of sp³-hybridized carbons (Fsp3) is 0.500. The minimum absolute atomic E-state index is 0.156. The highest BCUT2D eigenvalue weighted by Crippen LogP contribution is 2.23. The molecule has 0 spiro atoms. The molecule has 1 aromatic heterocycles. The fourth-order valence-electron chi connectivity index (χ4n) is 1.19. The van der Waals surface area contributed by atoms with E-state index in [1.807, 2.05) is 0 Å². The first-order valence-corrected chi connectivity index (χ1v) is 4.34. The molecule has 5 nitrogen and oxygen atoms in total. The van der Waals surface area contributed by atoms with Crippen LogP contribution in [0.2, 0.25) is 0 Å². The molecule has 4 N–H and O–H groups in total. The highest BCUT2D eigenvalue weighted by molar-refractivity contribution is 5.48. The lowest BCUT2D eigenvalue weighted by molar-refractivity contribution is 0.436. The molecule has 0 saturated heterocycles. The van der Waals surface area contributed by atoms with Gasteiger partial charge in [0.15, 0.2) is 0 Å². The summed E-state index contributed by atoms with van der Waals surface area (Å²) in [5.74, 6) is 0.299. The van der Waals surface area contributed by atoms with Crippen LogP contribution in [0.4, 0.5) is 11.6 Å². The fourth-order valence-corrected chi connectivity index (χ4v) is 1.19. The van der Waals surface area contributed by atoms with E-state index in [2.05, 4.69) is 15.3 Å². The van der Waals surface area contributed by atoms with Crippen LogP contribution in [0.25, 0.3) is 0 Å². The molecule has 13 heavy (non-hydrogen) atoms. The maximum atomic E-state index is 9.19. The number of nitrogen functional groups attached to an aromatic ring is 1. The van der Waals surface area contributed by atoms with Gasteiger partial charge in [0.2, 0.25) is 11.8 Å². The van der Waals surface area contributed by atoms with Crippen molar-refractivity contribution in [3.63, 3.8) is 0 Å². The molecule has 1 saturated carbocycles. The van der Waals surface area contributed by atoms with Crippen molar-refractivity contribution >= 4 is 11.6 Å². The molecule has 5 heteroatoms. The Kier molecular flexibility index (Phi) is 1.92. The second kappa shape index (κ2) is 3.08. The van der Waals surface area contributed by atoms with Crippen LogP contribution < -0.4 is 11.1 Å². The highest BCUT2D eigenvalue weighted by atomic mass is 16.3. The predicted octanol–water partition coefficient (Wildman–Crippen LogP) is 0.729. The van der Waals surface area contributed by atoms with Crippen molar-refractivity contribution in [3.05, 3.63) is 6.20 Å². The Labute approximate surface area is 76.0 Å². The summed E-state index contributed by atoms with van der Waals surface area (Å²) >= 11 is 0. The normalized spacial score (nSPS) is 16.6. The summed E-state index contributed by atoms with van der Waals surface area (Å²) in [5, 5.41) is 12.3. The van der Waals surface area contributed by atoms with Gasteiger partial charge in [0.05, 0.1) is 6.20 Å². The smallest absolute Gasteiger partial charge is 0.239 e. The van der Waals surface area contributed by atoms with Crippen molar-refractivity contribution in [2.24, 2.45) is 0 Å². The number of aromatic hydroxyl groups is 1. The number of hydrogen-bond acceptors (Lipinski definition) is 5. The number of hydrogen-bond donors (Lipinski definition) is 3. The second-order valence-electron chi connectivity index (χ2n) is 3.24. The van der Waals surface area contributed by atoms with E-state index < -0.39 is 0 Å². The SMILES string of the molecule is Nc1cnc(NC2CCC2)nc1O. The maximum Gasteiger partial charge on any atom is 0.239 e. The summed E-state index contributed by atoms with van der Waals surface area (Å²) in [6, 6.07) is 0.461. The van der Waals surface area contributed by atoms with Crippen LogP contribution in [-0.4, -0.2) is 21.1 Å². The van der Waals surface area contributed by atoms with Crippen molar-refractivity contribution in [2.75, 3.05) is 11.1 Å². The number of nitrogens with one attached hydrogen (secondary N) is 1. The predicted molar refractivity (Wildman–Crippen MR) is 49.4 cm³/mol. The van der Waals surface area contributed by atoms with Crippen LogP contribution >= 0.6 is 0 Å². The lowest BCUT2D eigenvalue weighted by atomic mass is 9.93. The molecule has 0 aromatic carbocycles. The van der Waals surface area contributed by atoms with Crippen LogP contribution in [0.1, 0.15) is 19.3 Å². The molecule has 1 heterocycles. The summed E-state index contributed by atoms with van der Waals surface area (Å²) in [4.78, 5) is 7.76. The Bertz CT molecular complexity index is 311. The van der Waals surface area contributed by atoms with Crippen LogP contribution in [0, 0.1) is 0 Å². The van der Waals surface area contributed by atoms with Gasteiger partial charge in [-0.1, -0.05) is 0 Å². The van der Waals surface area contributed by atoms with Gasteiger partial charge in [0.25, 0.3) is 0 Å². The molecule has 1 aliphatic carbocycles. The van der Waals surface area contributed by atoms with E-state index in [0.29, 0.717) is 12.0 Å². The molecule has 70 valence electrons. The maximum absolute atomic E-state index is 9.19. The first kappa shape index (κ1) is 8.10. The Balaban J connectivity index is 2.07. The molecule has 0 atom stereocenters. The summed E-state index contributed by atoms with van der Waals surface area (Å²) in [6.07, 6.45) is 4.95. The molecule has 1 aromatic rings. The van der Waals surface area contributed by atoms with Crippen molar-refractivity contribution in [3.8, 4) is 5.88 Å². The Morgan fingerprint density at radius 1 is 1.54 bits per heavy atom. The van der Waals surface area contributed by atoms with Gasteiger partial charge in [-0.2, -0.15) is 4.98 Å². The summed E-state index contributed by atoms with van der Waals surface area (Å²) < 4.78 is 0. The van der Waals surface area contributed by atoms with E-state index in [4.69, 9.17) is 5.73 Å². The minimum Gasteiger partial charge on any atom is -0.492 e. The van der Waals surface area contributed by atoms with E-state index in [9.17, 15) is 5.11 Å². The van der Waals surface area contributed by atoms with Gasteiger partial charge in [0.1, 0.15) is 5.69 Å². The lowest BCUT2D eigenvalue weighted by Crippen LogP contribution is -2.27. The molecule has 2 rings (SSSR count). The number of rotatable bonds is 2. The molecule has 0 radical (unpaired) electrons. The van der Waals surface area contributed by atoms with Crippen LogP contribution in [-0.2, 0) is 0 Å². The standard InChI is InChI=1S/C8H12N4O/c9-6-4-10-8(12-7(6)13)11-5-2-1-3-5/h4-5H,1-3,9H2,(H2,10,11,12,13). The quantitative estimate of drug-likeness (QED) is 0.624. The summed E-state index contributed by atoms with van der Waals surface area (Å²) in [6.45, 7) is 0. The van der Waals surface area contributed by atoms with Gasteiger partial charge in [-0.3, -0.25) is 0 Å². The van der Waals surface area contributed by atoms with Crippen LogP contribution in [0.3, 0.4) is 0 Å². The first-order chi connectivity index (χ1) is 6.25. The van der Waals surface area contributed by atoms with E-state index >= 15 is 0 Å². The third-order valence-electron chi connectivity index (χ3n) is 2.23. The zero-order valence-electron chi connectivity index (χ0n) is 7.20. The average Bonchev–Trinajstić information content (AvgIpc) is 2.04. The van der Waals surface area contributed by atoms with E-state index in [1.165, 1.54) is 12.6 Å². The molecular formula is C8H12N4O. The van der Waals surface area contributed by atoms with Crippen molar-refractivity contribution in [2.45, 2.75) is 25.3 Å². The van der Waals surface area contributed by atoms with Crippen molar-refractivity contribution in [1.29, 1.82) is 0 Å².